The second kappa shape index (κ2) is 5.59. The molecule has 1 aromatic carbocycles. The van der Waals surface area contributed by atoms with E-state index in [9.17, 15) is 9.90 Å². The number of benzene rings is 1. The number of carboxylic acids is 1. The van der Waals surface area contributed by atoms with Gasteiger partial charge in [0.1, 0.15) is 0 Å². The Balaban J connectivity index is 1.81. The first-order valence-electron chi connectivity index (χ1n) is 5.68. The number of aliphatic carboxylic acids is 1. The first kappa shape index (κ1) is 12.5. The van der Waals surface area contributed by atoms with Gasteiger partial charge in [-0.1, -0.05) is 0 Å². The molecule has 0 saturated carbocycles. The zero-order chi connectivity index (χ0) is 13.0. The van der Waals surface area contributed by atoms with Crippen LogP contribution in [0.5, 0.6) is 11.5 Å². The summed E-state index contributed by atoms with van der Waals surface area (Å²) in [6, 6.07) is 5.39. The predicted octanol–water partition coefficient (Wildman–Crippen LogP) is 1.05. The fourth-order valence-electron chi connectivity index (χ4n) is 1.63. The smallest absolute Gasteiger partial charge is 0.303 e. The Morgan fingerprint density at radius 3 is 2.94 bits per heavy atom. The first-order chi connectivity index (χ1) is 8.65. The van der Waals surface area contributed by atoms with Crippen molar-refractivity contribution in [2.75, 3.05) is 18.7 Å². The second-order valence-electron chi connectivity index (χ2n) is 4.04. The number of carboxylic acid groups (broad SMARTS) is 1. The van der Waals surface area contributed by atoms with E-state index >= 15 is 0 Å². The van der Waals surface area contributed by atoms with Crippen molar-refractivity contribution in [3.63, 3.8) is 0 Å². The van der Waals surface area contributed by atoms with E-state index in [1.807, 2.05) is 6.07 Å². The third kappa shape index (κ3) is 3.27. The second-order valence-corrected chi connectivity index (χ2v) is 4.04. The van der Waals surface area contributed by atoms with Crippen molar-refractivity contribution in [3.8, 4) is 11.5 Å². The molecule has 0 bridgehead atoms. The van der Waals surface area contributed by atoms with E-state index in [1.54, 1.807) is 12.1 Å². The highest BCUT2D eigenvalue weighted by atomic mass is 16.7. The molecule has 0 saturated heterocycles. The topological polar surface area (TPSA) is 88.0 Å². The lowest BCUT2D eigenvalue weighted by atomic mass is 10.2. The van der Waals surface area contributed by atoms with Crippen molar-refractivity contribution >= 4 is 11.7 Å². The molecule has 1 aromatic rings. The molecule has 98 valence electrons. The van der Waals surface area contributed by atoms with Crippen LogP contribution in [-0.4, -0.2) is 35.6 Å². The van der Waals surface area contributed by atoms with Crippen LogP contribution in [0.25, 0.3) is 0 Å². The van der Waals surface area contributed by atoms with Gasteiger partial charge in [-0.05, 0) is 18.6 Å². The molecule has 3 N–H and O–H groups in total. The van der Waals surface area contributed by atoms with Crippen molar-refractivity contribution < 1.29 is 24.5 Å². The quantitative estimate of drug-likeness (QED) is 0.702. The Morgan fingerprint density at radius 2 is 2.17 bits per heavy atom. The van der Waals surface area contributed by atoms with E-state index < -0.39 is 12.1 Å². The summed E-state index contributed by atoms with van der Waals surface area (Å²) in [5.74, 6) is 0.462. The van der Waals surface area contributed by atoms with Crippen LogP contribution in [-0.2, 0) is 4.79 Å². The molecule has 0 fully saturated rings. The van der Waals surface area contributed by atoms with E-state index in [-0.39, 0.29) is 19.6 Å². The summed E-state index contributed by atoms with van der Waals surface area (Å²) in [6.07, 6.45) is -0.497. The molecule has 1 heterocycles. The lowest BCUT2D eigenvalue weighted by molar-refractivity contribution is -0.137. The lowest BCUT2D eigenvalue weighted by Gasteiger charge is -2.12. The fraction of sp³-hybridized carbons (Fsp3) is 0.417. The maximum Gasteiger partial charge on any atom is 0.303 e. The van der Waals surface area contributed by atoms with Gasteiger partial charge < -0.3 is 25.0 Å². The number of fused-ring (bicyclic) bond motifs is 1. The van der Waals surface area contributed by atoms with Gasteiger partial charge in [0.15, 0.2) is 11.5 Å². The molecular formula is C12H15NO5. The van der Waals surface area contributed by atoms with Crippen LogP contribution in [0.4, 0.5) is 5.69 Å². The highest BCUT2D eigenvalue weighted by Gasteiger charge is 2.13. The van der Waals surface area contributed by atoms with Gasteiger partial charge in [0.05, 0.1) is 6.10 Å². The predicted molar refractivity (Wildman–Crippen MR) is 63.9 cm³/mol. The molecular weight excluding hydrogens is 238 g/mol. The van der Waals surface area contributed by atoms with Gasteiger partial charge in [-0.25, -0.2) is 0 Å². The summed E-state index contributed by atoms with van der Waals surface area (Å²) in [5, 5.41) is 21.1. The van der Waals surface area contributed by atoms with Gasteiger partial charge in [-0.3, -0.25) is 4.79 Å². The van der Waals surface area contributed by atoms with Gasteiger partial charge in [-0.2, -0.15) is 0 Å². The number of anilines is 1. The van der Waals surface area contributed by atoms with Crippen molar-refractivity contribution in [2.24, 2.45) is 0 Å². The molecule has 0 aromatic heterocycles. The van der Waals surface area contributed by atoms with Crippen molar-refractivity contribution in [3.05, 3.63) is 18.2 Å². The van der Waals surface area contributed by atoms with Gasteiger partial charge in [0, 0.05) is 24.7 Å². The first-order valence-corrected chi connectivity index (χ1v) is 5.68. The standard InChI is InChI=1S/C12H15NO5/c14-9(2-4-12(15)16)6-13-8-1-3-10-11(5-8)18-7-17-10/h1,3,5,9,13-14H,2,4,6-7H2,(H,15,16). The zero-order valence-corrected chi connectivity index (χ0v) is 9.76. The minimum atomic E-state index is -0.905. The summed E-state index contributed by atoms with van der Waals surface area (Å²) in [5.41, 5.74) is 0.800. The molecule has 6 heteroatoms. The van der Waals surface area contributed by atoms with Crippen LogP contribution in [0.3, 0.4) is 0 Å². The number of hydrogen-bond donors (Lipinski definition) is 3. The van der Waals surface area contributed by atoms with Gasteiger partial charge >= 0.3 is 5.97 Å². The summed E-state index contributed by atoms with van der Waals surface area (Å²) in [4.78, 5) is 10.3. The Bertz CT molecular complexity index is 434. The number of ether oxygens (including phenoxy) is 2. The summed E-state index contributed by atoms with van der Waals surface area (Å²) in [6.45, 7) is 0.521. The molecule has 0 aliphatic carbocycles. The Labute approximate surface area is 104 Å². The minimum absolute atomic E-state index is 0.0377. The van der Waals surface area contributed by atoms with E-state index in [2.05, 4.69) is 5.32 Å². The Kier molecular flexibility index (Phi) is 3.88. The molecule has 0 radical (unpaired) electrons. The summed E-state index contributed by atoms with van der Waals surface area (Å²) >= 11 is 0. The number of hydrogen-bond acceptors (Lipinski definition) is 5. The monoisotopic (exact) mass is 253 g/mol. The molecule has 1 atom stereocenters. The van der Waals surface area contributed by atoms with E-state index in [1.165, 1.54) is 0 Å². The molecule has 1 aliphatic heterocycles. The van der Waals surface area contributed by atoms with Crippen LogP contribution >= 0.6 is 0 Å². The van der Waals surface area contributed by atoms with Crippen molar-refractivity contribution in [1.82, 2.24) is 0 Å². The SMILES string of the molecule is O=C(O)CCC(O)CNc1ccc2c(c1)OCO2. The van der Waals surface area contributed by atoms with Crippen LogP contribution in [0.1, 0.15) is 12.8 Å². The van der Waals surface area contributed by atoms with Gasteiger partial charge in [-0.15, -0.1) is 0 Å². The molecule has 1 unspecified atom stereocenters. The van der Waals surface area contributed by atoms with Crippen molar-refractivity contribution in [1.29, 1.82) is 0 Å². The van der Waals surface area contributed by atoms with E-state index in [0.29, 0.717) is 18.0 Å². The number of aliphatic hydroxyl groups is 1. The van der Waals surface area contributed by atoms with Crippen molar-refractivity contribution in [2.45, 2.75) is 18.9 Å². The largest absolute Gasteiger partial charge is 0.481 e. The highest BCUT2D eigenvalue weighted by Crippen LogP contribution is 2.34. The van der Waals surface area contributed by atoms with Gasteiger partial charge in [0.25, 0.3) is 0 Å². The van der Waals surface area contributed by atoms with Crippen LogP contribution in [0.2, 0.25) is 0 Å². The van der Waals surface area contributed by atoms with E-state index in [4.69, 9.17) is 14.6 Å². The molecule has 18 heavy (non-hydrogen) atoms. The molecule has 6 nitrogen and oxygen atoms in total. The third-order valence-electron chi connectivity index (χ3n) is 2.61. The minimum Gasteiger partial charge on any atom is -0.481 e. The molecule has 0 amide bonds. The summed E-state index contributed by atoms with van der Waals surface area (Å²) in [7, 11) is 0. The maximum absolute atomic E-state index is 10.3. The van der Waals surface area contributed by atoms with E-state index in [0.717, 1.165) is 5.69 Å². The molecule has 0 spiro atoms. The average Bonchev–Trinajstić information content (AvgIpc) is 2.81. The highest BCUT2D eigenvalue weighted by molar-refractivity contribution is 5.66. The van der Waals surface area contributed by atoms with Crippen LogP contribution < -0.4 is 14.8 Å². The maximum atomic E-state index is 10.3. The zero-order valence-electron chi connectivity index (χ0n) is 9.76. The Morgan fingerprint density at radius 1 is 1.39 bits per heavy atom. The number of carbonyl (C=O) groups is 1. The normalized spacial score (nSPS) is 14.3. The van der Waals surface area contributed by atoms with Crippen LogP contribution in [0.15, 0.2) is 18.2 Å². The molecule has 1 aliphatic rings. The average molecular weight is 253 g/mol. The summed E-state index contributed by atoms with van der Waals surface area (Å²) < 4.78 is 10.4. The lowest BCUT2D eigenvalue weighted by Crippen LogP contribution is -2.20. The molecule has 2 rings (SSSR count). The fourth-order valence-corrected chi connectivity index (χ4v) is 1.63. The number of rotatable bonds is 6. The van der Waals surface area contributed by atoms with Crippen LogP contribution in [0, 0.1) is 0 Å². The van der Waals surface area contributed by atoms with Gasteiger partial charge in [0.2, 0.25) is 6.79 Å². The number of aliphatic hydroxyl groups excluding tert-OH is 1. The Hall–Kier alpha value is -1.95. The third-order valence-corrected chi connectivity index (χ3v) is 2.61. The number of nitrogens with one attached hydrogen (secondary N) is 1.